The molecule has 7 heteroatoms. The van der Waals surface area contributed by atoms with Crippen LogP contribution in [0.15, 0.2) is 42.9 Å². The molecule has 0 spiro atoms. The van der Waals surface area contributed by atoms with Gasteiger partial charge in [-0.05, 0) is 44.0 Å². The highest BCUT2D eigenvalue weighted by atomic mass is 35.5. The highest BCUT2D eigenvalue weighted by molar-refractivity contribution is 5.93. The van der Waals surface area contributed by atoms with Gasteiger partial charge < -0.3 is 10.2 Å². The van der Waals surface area contributed by atoms with Crippen molar-refractivity contribution in [2.45, 2.75) is 19.8 Å². The Morgan fingerprint density at radius 3 is 2.52 bits per heavy atom. The molecule has 1 aliphatic heterocycles. The number of hydrogen-bond acceptors (Lipinski definition) is 3. The number of piperidine rings is 1. The summed E-state index contributed by atoms with van der Waals surface area (Å²) in [5, 5.41) is 3.40. The Kier molecular flexibility index (Phi) is 8.97. The van der Waals surface area contributed by atoms with E-state index in [1.807, 2.05) is 39.8 Å². The van der Waals surface area contributed by atoms with Crippen molar-refractivity contribution in [3.05, 3.63) is 48.5 Å². The van der Waals surface area contributed by atoms with Gasteiger partial charge in [0.15, 0.2) is 0 Å². The van der Waals surface area contributed by atoms with Gasteiger partial charge in [0.05, 0.1) is 12.5 Å². The molecular weight excluding hydrogens is 359 g/mol. The van der Waals surface area contributed by atoms with Crippen LogP contribution in [0, 0.1) is 5.92 Å². The second-order valence-electron chi connectivity index (χ2n) is 6.03. The summed E-state index contributed by atoms with van der Waals surface area (Å²) < 4.78 is 1.87. The third-order valence-corrected chi connectivity index (χ3v) is 4.48. The van der Waals surface area contributed by atoms with E-state index >= 15 is 0 Å². The molecular formula is C18H26Cl2N4O. The molecule has 1 aliphatic rings. The fourth-order valence-corrected chi connectivity index (χ4v) is 3.10. The summed E-state index contributed by atoms with van der Waals surface area (Å²) in [4.78, 5) is 19.0. The number of hydrogen-bond donors (Lipinski definition) is 1. The largest absolute Gasteiger partial charge is 0.337 e. The van der Waals surface area contributed by atoms with E-state index in [4.69, 9.17) is 0 Å². The second-order valence-corrected chi connectivity index (χ2v) is 6.03. The normalized spacial score (nSPS) is 14.5. The average molecular weight is 385 g/mol. The lowest BCUT2D eigenvalue weighted by Gasteiger charge is -2.32. The van der Waals surface area contributed by atoms with E-state index in [-0.39, 0.29) is 30.7 Å². The maximum Gasteiger partial charge on any atom is 0.272 e. The summed E-state index contributed by atoms with van der Waals surface area (Å²) in [5.74, 6) is 0.756. The number of amides is 1. The lowest BCUT2D eigenvalue weighted by molar-refractivity contribution is 0.0682. The summed E-state index contributed by atoms with van der Waals surface area (Å²) in [6, 6.07) is 9.88. The molecule has 2 aromatic rings. The first-order valence-electron chi connectivity index (χ1n) is 8.37. The van der Waals surface area contributed by atoms with Crippen LogP contribution >= 0.6 is 24.8 Å². The highest BCUT2D eigenvalue weighted by Crippen LogP contribution is 2.19. The number of nitrogens with one attached hydrogen (secondary N) is 1. The van der Waals surface area contributed by atoms with Gasteiger partial charge in [0.2, 0.25) is 0 Å². The molecule has 1 amide bonds. The molecule has 5 nitrogen and oxygen atoms in total. The number of nitrogens with zero attached hydrogens (tertiary/aromatic N) is 3. The predicted molar refractivity (Wildman–Crippen MR) is 105 cm³/mol. The van der Waals surface area contributed by atoms with E-state index in [2.05, 4.69) is 17.2 Å². The quantitative estimate of drug-likeness (QED) is 0.860. The van der Waals surface area contributed by atoms with Crippen LogP contribution < -0.4 is 5.32 Å². The minimum Gasteiger partial charge on any atom is -0.337 e. The maximum atomic E-state index is 12.8. The van der Waals surface area contributed by atoms with Crippen molar-refractivity contribution < 1.29 is 4.79 Å². The number of imidazole rings is 1. The summed E-state index contributed by atoms with van der Waals surface area (Å²) in [5.41, 5.74) is 1.61. The van der Waals surface area contributed by atoms with Crippen molar-refractivity contribution in [3.63, 3.8) is 0 Å². The first kappa shape index (κ1) is 21.5. The fraction of sp³-hybridized carbons (Fsp3) is 0.444. The Labute approximate surface area is 161 Å². The summed E-state index contributed by atoms with van der Waals surface area (Å²) in [6.45, 7) is 5.85. The molecule has 0 saturated carbocycles. The van der Waals surface area contributed by atoms with Crippen LogP contribution in [-0.4, -0.2) is 46.5 Å². The Balaban J connectivity index is 0.00000156. The number of carbonyl (C=O) groups is 1. The predicted octanol–water partition coefficient (Wildman–Crippen LogP) is 3.18. The van der Waals surface area contributed by atoms with Crippen molar-refractivity contribution in [1.29, 1.82) is 0 Å². The molecule has 1 fully saturated rings. The molecule has 1 N–H and O–H groups in total. The van der Waals surface area contributed by atoms with E-state index < -0.39 is 0 Å². The Morgan fingerprint density at radius 2 is 1.88 bits per heavy atom. The van der Waals surface area contributed by atoms with Gasteiger partial charge in [0, 0.05) is 18.8 Å². The topological polar surface area (TPSA) is 50.2 Å². The number of benzene rings is 1. The van der Waals surface area contributed by atoms with Crippen LogP contribution in [0.2, 0.25) is 0 Å². The molecule has 0 aliphatic carbocycles. The van der Waals surface area contributed by atoms with Crippen LogP contribution in [0.5, 0.6) is 0 Å². The van der Waals surface area contributed by atoms with Crippen molar-refractivity contribution in [1.82, 2.24) is 19.8 Å². The zero-order chi connectivity index (χ0) is 16.1. The van der Waals surface area contributed by atoms with Crippen LogP contribution in [0.1, 0.15) is 30.3 Å². The smallest absolute Gasteiger partial charge is 0.272 e. The summed E-state index contributed by atoms with van der Waals surface area (Å²) in [7, 11) is 0. The Bertz CT molecular complexity index is 640. The summed E-state index contributed by atoms with van der Waals surface area (Å²) >= 11 is 0. The number of rotatable bonds is 5. The van der Waals surface area contributed by atoms with Crippen molar-refractivity contribution >= 4 is 30.7 Å². The van der Waals surface area contributed by atoms with Gasteiger partial charge >= 0.3 is 0 Å². The van der Waals surface area contributed by atoms with Gasteiger partial charge in [-0.1, -0.05) is 25.1 Å². The lowest BCUT2D eigenvalue weighted by Crippen LogP contribution is -2.41. The summed E-state index contributed by atoms with van der Waals surface area (Å²) in [6.07, 6.45) is 5.51. The number of aromatic nitrogens is 2. The highest BCUT2D eigenvalue weighted by Gasteiger charge is 2.25. The SMILES string of the molecule is CCNCC1CCN(C(=O)c2cncn2-c2ccccc2)CC1.Cl.Cl. The molecule has 2 heterocycles. The number of likely N-dealkylation sites (tertiary alicyclic amines) is 1. The van der Waals surface area contributed by atoms with Crippen LogP contribution in [0.3, 0.4) is 0 Å². The van der Waals surface area contributed by atoms with Gasteiger partial charge in [-0.2, -0.15) is 0 Å². The first-order valence-corrected chi connectivity index (χ1v) is 8.37. The van der Waals surface area contributed by atoms with Gasteiger partial charge in [0.25, 0.3) is 5.91 Å². The second kappa shape index (κ2) is 10.4. The van der Waals surface area contributed by atoms with Gasteiger partial charge in [-0.25, -0.2) is 4.98 Å². The van der Waals surface area contributed by atoms with Crippen molar-refractivity contribution in [2.75, 3.05) is 26.2 Å². The first-order chi connectivity index (χ1) is 11.3. The van der Waals surface area contributed by atoms with E-state index in [1.165, 1.54) is 0 Å². The maximum absolute atomic E-state index is 12.8. The van der Waals surface area contributed by atoms with Gasteiger partial charge in [-0.15, -0.1) is 24.8 Å². The van der Waals surface area contributed by atoms with Crippen LogP contribution in [0.25, 0.3) is 5.69 Å². The van der Waals surface area contributed by atoms with E-state index in [0.29, 0.717) is 11.6 Å². The van der Waals surface area contributed by atoms with Gasteiger partial charge in [-0.3, -0.25) is 9.36 Å². The standard InChI is InChI=1S/C18H24N4O.2ClH/c1-2-19-12-15-8-10-21(11-9-15)18(23)17-13-20-14-22(17)16-6-4-3-5-7-16;;/h3-7,13-15,19H,2,8-12H2,1H3;2*1H. The van der Waals surface area contributed by atoms with Crippen molar-refractivity contribution in [2.24, 2.45) is 5.92 Å². The van der Waals surface area contributed by atoms with Gasteiger partial charge in [0.1, 0.15) is 5.69 Å². The van der Waals surface area contributed by atoms with E-state index in [9.17, 15) is 4.79 Å². The number of carbonyl (C=O) groups excluding carboxylic acids is 1. The molecule has 0 radical (unpaired) electrons. The molecule has 138 valence electrons. The van der Waals surface area contributed by atoms with Crippen LogP contribution in [0.4, 0.5) is 0 Å². The number of para-hydroxylation sites is 1. The Hall–Kier alpha value is -1.56. The number of halogens is 2. The molecule has 25 heavy (non-hydrogen) atoms. The lowest BCUT2D eigenvalue weighted by atomic mass is 9.96. The monoisotopic (exact) mass is 384 g/mol. The molecule has 0 bridgehead atoms. The molecule has 0 atom stereocenters. The minimum absolute atomic E-state index is 0. The van der Waals surface area contributed by atoms with Crippen molar-refractivity contribution in [3.8, 4) is 5.69 Å². The van der Waals surface area contributed by atoms with Crippen LogP contribution in [-0.2, 0) is 0 Å². The molecule has 1 saturated heterocycles. The molecule has 1 aromatic carbocycles. The Morgan fingerprint density at radius 1 is 1.20 bits per heavy atom. The van der Waals surface area contributed by atoms with E-state index in [1.54, 1.807) is 12.5 Å². The minimum atomic E-state index is 0. The van der Waals surface area contributed by atoms with E-state index in [0.717, 1.165) is 44.7 Å². The molecule has 0 unspecified atom stereocenters. The zero-order valence-electron chi connectivity index (χ0n) is 14.4. The molecule has 3 rings (SSSR count). The molecule has 1 aromatic heterocycles. The fourth-order valence-electron chi connectivity index (χ4n) is 3.10. The third kappa shape index (κ3) is 5.21. The zero-order valence-corrected chi connectivity index (χ0v) is 16.1. The average Bonchev–Trinajstić information content (AvgIpc) is 3.10. The third-order valence-electron chi connectivity index (χ3n) is 4.48.